The molecule has 3 heteroatoms. The third-order valence-electron chi connectivity index (χ3n) is 3.84. The molecule has 0 amide bonds. The van der Waals surface area contributed by atoms with Crippen LogP contribution in [0, 0.1) is 17.8 Å². The molecule has 0 heterocycles. The van der Waals surface area contributed by atoms with Crippen LogP contribution in [0.5, 0.6) is 0 Å². The van der Waals surface area contributed by atoms with Crippen molar-refractivity contribution in [2.45, 2.75) is 38.7 Å². The van der Waals surface area contributed by atoms with E-state index in [-0.39, 0.29) is 5.92 Å². The van der Waals surface area contributed by atoms with Gasteiger partial charge in [0, 0.05) is 6.61 Å². The molecule has 0 bridgehead atoms. The van der Waals surface area contributed by atoms with E-state index in [0.29, 0.717) is 17.9 Å². The van der Waals surface area contributed by atoms with Crippen LogP contribution in [0.4, 0.5) is 0 Å². The summed E-state index contributed by atoms with van der Waals surface area (Å²) >= 11 is 0. The van der Waals surface area contributed by atoms with E-state index in [2.05, 4.69) is 0 Å². The number of carboxylic acid groups (broad SMARTS) is 1. The molecule has 0 spiro atoms. The lowest BCUT2D eigenvalue weighted by Crippen LogP contribution is -2.22. The lowest BCUT2D eigenvalue weighted by atomic mass is 9.92. The predicted molar refractivity (Wildman–Crippen MR) is 52.0 cm³/mol. The Morgan fingerprint density at radius 2 is 2.00 bits per heavy atom. The van der Waals surface area contributed by atoms with Crippen LogP contribution in [0.1, 0.15) is 32.6 Å². The number of carboxylic acids is 1. The minimum Gasteiger partial charge on any atom is -0.481 e. The van der Waals surface area contributed by atoms with Gasteiger partial charge in [0.15, 0.2) is 0 Å². The molecule has 2 fully saturated rings. The fraction of sp³-hybridized carbons (Fsp3) is 0.909. The first-order chi connectivity index (χ1) is 6.74. The number of hydrogen-bond acceptors (Lipinski definition) is 2. The van der Waals surface area contributed by atoms with Gasteiger partial charge in [0.1, 0.15) is 0 Å². The van der Waals surface area contributed by atoms with Crippen LogP contribution < -0.4 is 0 Å². The molecular formula is C11H18O3. The predicted octanol–water partition coefficient (Wildman–Crippen LogP) is 1.91. The Morgan fingerprint density at radius 1 is 1.29 bits per heavy atom. The Bertz CT molecular complexity index is 227. The Hall–Kier alpha value is -0.570. The molecule has 4 atom stereocenters. The van der Waals surface area contributed by atoms with Gasteiger partial charge >= 0.3 is 5.97 Å². The highest BCUT2D eigenvalue weighted by Gasteiger charge is 2.47. The molecule has 2 rings (SSSR count). The van der Waals surface area contributed by atoms with Crippen molar-refractivity contribution in [3.63, 3.8) is 0 Å². The third-order valence-corrected chi connectivity index (χ3v) is 3.84. The standard InChI is InChI=1S/C11H18O3/c1-2-14-10-6-5-7-8(10)3-4-9(7)11(12)13/h7-10H,2-6H2,1H3,(H,12,13)/t7-,8-,9-,10-/m0/s1. The smallest absolute Gasteiger partial charge is 0.306 e. The van der Waals surface area contributed by atoms with Crippen molar-refractivity contribution in [1.29, 1.82) is 0 Å². The summed E-state index contributed by atoms with van der Waals surface area (Å²) in [6, 6.07) is 0. The maximum Gasteiger partial charge on any atom is 0.306 e. The maximum absolute atomic E-state index is 11.0. The van der Waals surface area contributed by atoms with Gasteiger partial charge in [-0.15, -0.1) is 0 Å². The zero-order valence-electron chi connectivity index (χ0n) is 8.61. The van der Waals surface area contributed by atoms with Crippen molar-refractivity contribution in [3.05, 3.63) is 0 Å². The summed E-state index contributed by atoms with van der Waals surface area (Å²) in [4.78, 5) is 11.0. The summed E-state index contributed by atoms with van der Waals surface area (Å²) < 4.78 is 5.65. The van der Waals surface area contributed by atoms with E-state index in [1.165, 1.54) is 0 Å². The Kier molecular flexibility index (Phi) is 2.77. The zero-order chi connectivity index (χ0) is 10.1. The van der Waals surface area contributed by atoms with Crippen molar-refractivity contribution < 1.29 is 14.6 Å². The van der Waals surface area contributed by atoms with Crippen molar-refractivity contribution in [3.8, 4) is 0 Å². The van der Waals surface area contributed by atoms with E-state index in [9.17, 15) is 4.79 Å². The van der Waals surface area contributed by atoms with E-state index in [4.69, 9.17) is 9.84 Å². The molecule has 3 nitrogen and oxygen atoms in total. The first-order valence-corrected chi connectivity index (χ1v) is 5.58. The van der Waals surface area contributed by atoms with Crippen LogP contribution in [-0.2, 0) is 9.53 Å². The number of carbonyl (C=O) groups is 1. The Labute approximate surface area is 84.4 Å². The highest BCUT2D eigenvalue weighted by atomic mass is 16.5. The quantitative estimate of drug-likeness (QED) is 0.753. The van der Waals surface area contributed by atoms with Crippen LogP contribution in [0.15, 0.2) is 0 Å². The van der Waals surface area contributed by atoms with Gasteiger partial charge in [0.25, 0.3) is 0 Å². The minimum atomic E-state index is -0.602. The van der Waals surface area contributed by atoms with Gasteiger partial charge in [-0.25, -0.2) is 0 Å². The molecule has 14 heavy (non-hydrogen) atoms. The minimum absolute atomic E-state index is 0.0922. The number of ether oxygens (including phenoxy) is 1. The van der Waals surface area contributed by atoms with E-state index in [1.807, 2.05) is 6.92 Å². The number of aliphatic carboxylic acids is 1. The zero-order valence-corrected chi connectivity index (χ0v) is 8.61. The lowest BCUT2D eigenvalue weighted by Gasteiger charge is -2.18. The molecule has 0 aromatic carbocycles. The van der Waals surface area contributed by atoms with Crippen molar-refractivity contribution in [2.24, 2.45) is 17.8 Å². The molecule has 2 aliphatic rings. The SMILES string of the molecule is CCO[C@H]1CC[C@H]2[C@@H]1CC[C@@H]2C(=O)O. The third kappa shape index (κ3) is 1.54. The molecule has 2 saturated carbocycles. The molecule has 0 saturated heterocycles. The lowest BCUT2D eigenvalue weighted by molar-refractivity contribution is -0.143. The largest absolute Gasteiger partial charge is 0.481 e. The van der Waals surface area contributed by atoms with Gasteiger partial charge in [-0.1, -0.05) is 0 Å². The van der Waals surface area contributed by atoms with E-state index >= 15 is 0 Å². The normalized spacial score (nSPS) is 41.2. The van der Waals surface area contributed by atoms with Gasteiger partial charge in [0.05, 0.1) is 12.0 Å². The number of rotatable bonds is 3. The molecule has 2 aliphatic carbocycles. The van der Waals surface area contributed by atoms with Crippen LogP contribution in [0.2, 0.25) is 0 Å². The first kappa shape index (κ1) is 9.97. The summed E-state index contributed by atoms with van der Waals surface area (Å²) in [5, 5.41) is 9.04. The maximum atomic E-state index is 11.0. The fourth-order valence-corrected chi connectivity index (χ4v) is 3.27. The molecule has 0 aromatic heterocycles. The molecular weight excluding hydrogens is 180 g/mol. The molecule has 0 aliphatic heterocycles. The van der Waals surface area contributed by atoms with Crippen LogP contribution >= 0.6 is 0 Å². The van der Waals surface area contributed by atoms with Crippen molar-refractivity contribution >= 4 is 5.97 Å². The molecule has 1 N–H and O–H groups in total. The fourth-order valence-electron chi connectivity index (χ4n) is 3.27. The van der Waals surface area contributed by atoms with Gasteiger partial charge in [-0.05, 0) is 44.4 Å². The summed E-state index contributed by atoms with van der Waals surface area (Å²) in [5.74, 6) is 0.222. The van der Waals surface area contributed by atoms with Gasteiger partial charge in [-0.2, -0.15) is 0 Å². The van der Waals surface area contributed by atoms with E-state index < -0.39 is 5.97 Å². The molecule has 80 valence electrons. The Balaban J connectivity index is 2.00. The highest BCUT2D eigenvalue weighted by molar-refractivity contribution is 5.70. The van der Waals surface area contributed by atoms with Gasteiger partial charge < -0.3 is 9.84 Å². The highest BCUT2D eigenvalue weighted by Crippen LogP contribution is 2.48. The van der Waals surface area contributed by atoms with E-state index in [0.717, 1.165) is 32.3 Å². The Morgan fingerprint density at radius 3 is 2.64 bits per heavy atom. The number of fused-ring (bicyclic) bond motifs is 1. The van der Waals surface area contributed by atoms with Crippen LogP contribution in [0.3, 0.4) is 0 Å². The van der Waals surface area contributed by atoms with E-state index in [1.54, 1.807) is 0 Å². The second-order valence-electron chi connectivity index (χ2n) is 4.42. The van der Waals surface area contributed by atoms with Crippen LogP contribution in [0.25, 0.3) is 0 Å². The molecule has 0 radical (unpaired) electrons. The molecule has 0 aromatic rings. The molecule has 0 unspecified atom stereocenters. The number of hydrogen-bond donors (Lipinski definition) is 1. The van der Waals surface area contributed by atoms with Crippen molar-refractivity contribution in [2.75, 3.05) is 6.61 Å². The van der Waals surface area contributed by atoms with Gasteiger partial charge in [0.2, 0.25) is 0 Å². The first-order valence-electron chi connectivity index (χ1n) is 5.58. The van der Waals surface area contributed by atoms with Gasteiger partial charge in [-0.3, -0.25) is 4.79 Å². The monoisotopic (exact) mass is 198 g/mol. The summed E-state index contributed by atoms with van der Waals surface area (Å²) in [7, 11) is 0. The van der Waals surface area contributed by atoms with Crippen LogP contribution in [-0.4, -0.2) is 23.8 Å². The topological polar surface area (TPSA) is 46.5 Å². The second kappa shape index (κ2) is 3.89. The summed E-state index contributed by atoms with van der Waals surface area (Å²) in [5.41, 5.74) is 0. The summed E-state index contributed by atoms with van der Waals surface area (Å²) in [6.45, 7) is 2.77. The summed E-state index contributed by atoms with van der Waals surface area (Å²) in [6.07, 6.45) is 4.36. The average Bonchev–Trinajstić information content (AvgIpc) is 2.67. The second-order valence-corrected chi connectivity index (χ2v) is 4.42. The van der Waals surface area contributed by atoms with Crippen molar-refractivity contribution in [1.82, 2.24) is 0 Å². The average molecular weight is 198 g/mol.